The normalized spacial score (nSPS) is 19.4. The highest BCUT2D eigenvalue weighted by molar-refractivity contribution is 5.74. The van der Waals surface area contributed by atoms with Crippen LogP contribution in [0, 0.1) is 0 Å². The molecule has 1 aliphatic rings. The molecule has 1 unspecified atom stereocenters. The van der Waals surface area contributed by atoms with E-state index in [1.54, 1.807) is 0 Å². The molecule has 0 spiro atoms. The van der Waals surface area contributed by atoms with Crippen molar-refractivity contribution >= 4 is 6.03 Å². The van der Waals surface area contributed by atoms with Crippen LogP contribution in [0.25, 0.3) is 0 Å². The highest BCUT2D eigenvalue weighted by Crippen LogP contribution is 2.30. The fourth-order valence-corrected chi connectivity index (χ4v) is 3.03. The Bertz CT molecular complexity index is 516. The van der Waals surface area contributed by atoms with Crippen LogP contribution in [0.5, 0.6) is 0 Å². The van der Waals surface area contributed by atoms with E-state index >= 15 is 0 Å². The van der Waals surface area contributed by atoms with E-state index in [0.717, 1.165) is 19.5 Å². The van der Waals surface area contributed by atoms with Gasteiger partial charge in [-0.05, 0) is 43.2 Å². The maximum atomic E-state index is 12.2. The van der Waals surface area contributed by atoms with Crippen molar-refractivity contribution < 1.29 is 4.79 Å². The van der Waals surface area contributed by atoms with E-state index in [0.29, 0.717) is 5.92 Å². The molecule has 1 saturated heterocycles. The molecule has 1 atom stereocenters. The Kier molecular flexibility index (Phi) is 5.15. The summed E-state index contributed by atoms with van der Waals surface area (Å²) in [7, 11) is 0. The zero-order valence-corrected chi connectivity index (χ0v) is 14.6. The smallest absolute Gasteiger partial charge is 0.317 e. The third-order valence-electron chi connectivity index (χ3n) is 4.34. The first kappa shape index (κ1) is 16.9. The summed E-state index contributed by atoms with van der Waals surface area (Å²) >= 11 is 0. The molecule has 0 aliphatic carbocycles. The predicted molar refractivity (Wildman–Crippen MR) is 92.4 cm³/mol. The topological polar surface area (TPSA) is 32.3 Å². The molecular weight excluding hydrogens is 272 g/mol. The number of urea groups is 1. The summed E-state index contributed by atoms with van der Waals surface area (Å²) in [6, 6.07) is 9.17. The minimum absolute atomic E-state index is 0.0756. The molecule has 3 nitrogen and oxygen atoms in total. The molecular formula is C19H30N2O. The van der Waals surface area contributed by atoms with Crippen molar-refractivity contribution in [3.63, 3.8) is 0 Å². The summed E-state index contributed by atoms with van der Waals surface area (Å²) in [6.45, 7) is 12.4. The van der Waals surface area contributed by atoms with Gasteiger partial charge in [0.2, 0.25) is 0 Å². The molecule has 1 heterocycles. The summed E-state index contributed by atoms with van der Waals surface area (Å²) in [5, 5.41) is 3.01. The average Bonchev–Trinajstić information content (AvgIpc) is 2.46. The fourth-order valence-electron chi connectivity index (χ4n) is 3.03. The van der Waals surface area contributed by atoms with Crippen LogP contribution in [0.4, 0.5) is 4.79 Å². The standard InChI is InChI=1S/C19H30N2O/c1-14(2)20-18(22)21-11-7-9-16(13-21)15-8-6-10-17(12-15)19(3,4)5/h6,8,10,12,14,16H,7,9,11,13H2,1-5H3,(H,20,22). The second-order valence-corrected chi connectivity index (χ2v) is 7.76. The Morgan fingerprint density at radius 2 is 2.05 bits per heavy atom. The summed E-state index contributed by atoms with van der Waals surface area (Å²) < 4.78 is 0. The molecule has 1 fully saturated rings. The number of likely N-dealkylation sites (tertiary alicyclic amines) is 1. The van der Waals surface area contributed by atoms with Crippen LogP contribution in [0.2, 0.25) is 0 Å². The van der Waals surface area contributed by atoms with Gasteiger partial charge in [-0.1, -0.05) is 45.0 Å². The van der Waals surface area contributed by atoms with Crippen LogP contribution < -0.4 is 5.32 Å². The van der Waals surface area contributed by atoms with Crippen LogP contribution in [0.1, 0.15) is 64.5 Å². The summed E-state index contributed by atoms with van der Waals surface area (Å²) in [6.07, 6.45) is 2.25. The van der Waals surface area contributed by atoms with Gasteiger partial charge < -0.3 is 10.2 Å². The van der Waals surface area contributed by atoms with Crippen LogP contribution in [-0.4, -0.2) is 30.1 Å². The van der Waals surface area contributed by atoms with E-state index in [2.05, 4.69) is 50.4 Å². The van der Waals surface area contributed by atoms with Gasteiger partial charge in [0.15, 0.2) is 0 Å². The van der Waals surface area contributed by atoms with E-state index in [1.807, 2.05) is 18.7 Å². The molecule has 0 bridgehead atoms. The minimum atomic E-state index is 0.0756. The number of carbonyl (C=O) groups is 1. The number of amides is 2. The van der Waals surface area contributed by atoms with Gasteiger partial charge in [0, 0.05) is 25.0 Å². The average molecular weight is 302 g/mol. The number of carbonyl (C=O) groups excluding carboxylic acids is 1. The van der Waals surface area contributed by atoms with Crippen LogP contribution in [0.3, 0.4) is 0 Å². The van der Waals surface area contributed by atoms with Crippen molar-refractivity contribution in [1.82, 2.24) is 10.2 Å². The Morgan fingerprint density at radius 1 is 1.32 bits per heavy atom. The van der Waals surface area contributed by atoms with Gasteiger partial charge in [-0.25, -0.2) is 4.79 Å². The van der Waals surface area contributed by atoms with Gasteiger partial charge in [0.25, 0.3) is 0 Å². The first-order valence-electron chi connectivity index (χ1n) is 8.43. The number of rotatable bonds is 2. The lowest BCUT2D eigenvalue weighted by Gasteiger charge is -2.34. The molecule has 1 N–H and O–H groups in total. The van der Waals surface area contributed by atoms with Gasteiger partial charge in [0.05, 0.1) is 0 Å². The van der Waals surface area contributed by atoms with E-state index in [1.165, 1.54) is 17.5 Å². The van der Waals surface area contributed by atoms with E-state index in [4.69, 9.17) is 0 Å². The van der Waals surface area contributed by atoms with Crippen molar-refractivity contribution in [2.24, 2.45) is 0 Å². The Balaban J connectivity index is 2.11. The Hall–Kier alpha value is -1.51. The monoisotopic (exact) mass is 302 g/mol. The lowest BCUT2D eigenvalue weighted by atomic mass is 9.83. The number of benzene rings is 1. The quantitative estimate of drug-likeness (QED) is 0.869. The third-order valence-corrected chi connectivity index (χ3v) is 4.34. The molecule has 1 aromatic rings. The van der Waals surface area contributed by atoms with Gasteiger partial charge in [-0.15, -0.1) is 0 Å². The van der Waals surface area contributed by atoms with Gasteiger partial charge in [0.1, 0.15) is 0 Å². The second-order valence-electron chi connectivity index (χ2n) is 7.76. The molecule has 0 aromatic heterocycles. The number of hydrogen-bond donors (Lipinski definition) is 1. The number of hydrogen-bond acceptors (Lipinski definition) is 1. The predicted octanol–water partition coefficient (Wildman–Crippen LogP) is 4.28. The Morgan fingerprint density at radius 3 is 2.68 bits per heavy atom. The highest BCUT2D eigenvalue weighted by Gasteiger charge is 2.25. The summed E-state index contributed by atoms with van der Waals surface area (Å²) in [5.41, 5.74) is 2.91. The van der Waals surface area contributed by atoms with Gasteiger partial charge in [-0.2, -0.15) is 0 Å². The molecule has 2 rings (SSSR count). The molecule has 1 aromatic carbocycles. The molecule has 2 amide bonds. The maximum Gasteiger partial charge on any atom is 0.317 e. The lowest BCUT2D eigenvalue weighted by Crippen LogP contribution is -2.47. The van der Waals surface area contributed by atoms with E-state index in [-0.39, 0.29) is 17.5 Å². The first-order chi connectivity index (χ1) is 10.3. The summed E-state index contributed by atoms with van der Waals surface area (Å²) in [4.78, 5) is 14.2. The minimum Gasteiger partial charge on any atom is -0.336 e. The lowest BCUT2D eigenvalue weighted by molar-refractivity contribution is 0.177. The summed E-state index contributed by atoms with van der Waals surface area (Å²) in [5.74, 6) is 0.453. The van der Waals surface area contributed by atoms with Gasteiger partial charge in [-0.3, -0.25) is 0 Å². The van der Waals surface area contributed by atoms with Crippen molar-refractivity contribution in [2.75, 3.05) is 13.1 Å². The number of piperidine rings is 1. The zero-order chi connectivity index (χ0) is 16.3. The second kappa shape index (κ2) is 6.72. The van der Waals surface area contributed by atoms with Crippen LogP contribution in [-0.2, 0) is 5.41 Å². The van der Waals surface area contributed by atoms with Crippen molar-refractivity contribution in [2.45, 2.75) is 64.8 Å². The number of nitrogens with zero attached hydrogens (tertiary/aromatic N) is 1. The third kappa shape index (κ3) is 4.25. The SMILES string of the molecule is CC(C)NC(=O)N1CCCC(c2cccc(C(C)(C)C)c2)C1. The van der Waals surface area contributed by atoms with Crippen LogP contribution in [0.15, 0.2) is 24.3 Å². The highest BCUT2D eigenvalue weighted by atomic mass is 16.2. The number of nitrogens with one attached hydrogen (secondary N) is 1. The maximum absolute atomic E-state index is 12.2. The molecule has 22 heavy (non-hydrogen) atoms. The molecule has 1 aliphatic heterocycles. The first-order valence-corrected chi connectivity index (χ1v) is 8.43. The van der Waals surface area contributed by atoms with Crippen molar-refractivity contribution in [1.29, 1.82) is 0 Å². The Labute approximate surface area is 135 Å². The van der Waals surface area contributed by atoms with Crippen molar-refractivity contribution in [3.05, 3.63) is 35.4 Å². The molecule has 122 valence electrons. The largest absolute Gasteiger partial charge is 0.336 e. The van der Waals surface area contributed by atoms with E-state index in [9.17, 15) is 4.79 Å². The fraction of sp³-hybridized carbons (Fsp3) is 0.632. The van der Waals surface area contributed by atoms with E-state index < -0.39 is 0 Å². The molecule has 0 radical (unpaired) electrons. The van der Waals surface area contributed by atoms with Crippen LogP contribution >= 0.6 is 0 Å². The van der Waals surface area contributed by atoms with Gasteiger partial charge >= 0.3 is 6.03 Å². The van der Waals surface area contributed by atoms with Crippen molar-refractivity contribution in [3.8, 4) is 0 Å². The zero-order valence-electron chi connectivity index (χ0n) is 14.6. The molecule has 0 saturated carbocycles. The molecule has 3 heteroatoms.